The SMILES string of the molecule is O=C(CSc1nncc2ccccc12)Nc1ccc(Cl)cc1Cl. The largest absolute Gasteiger partial charge is 0.324 e. The number of halogens is 2. The lowest BCUT2D eigenvalue weighted by molar-refractivity contribution is -0.113. The minimum absolute atomic E-state index is 0.172. The molecule has 3 rings (SSSR count). The highest BCUT2D eigenvalue weighted by molar-refractivity contribution is 8.00. The minimum Gasteiger partial charge on any atom is -0.324 e. The van der Waals surface area contributed by atoms with Gasteiger partial charge >= 0.3 is 0 Å². The summed E-state index contributed by atoms with van der Waals surface area (Å²) in [5.74, 6) is 0.0377. The molecule has 3 aromatic rings. The first-order valence-electron chi connectivity index (χ1n) is 6.71. The second-order valence-corrected chi connectivity index (χ2v) is 6.51. The molecule has 0 aliphatic carbocycles. The molecule has 0 saturated heterocycles. The standard InChI is InChI=1S/C16H11Cl2N3OS/c17-11-5-6-14(13(18)7-11)20-15(22)9-23-16-12-4-2-1-3-10(12)8-19-21-16/h1-8H,9H2,(H,20,22). The summed E-state index contributed by atoms with van der Waals surface area (Å²) in [6, 6.07) is 12.7. The summed E-state index contributed by atoms with van der Waals surface area (Å²) in [5.41, 5.74) is 0.533. The fraction of sp³-hybridized carbons (Fsp3) is 0.0625. The maximum absolute atomic E-state index is 12.1. The van der Waals surface area contributed by atoms with Crippen molar-refractivity contribution in [3.05, 3.63) is 58.7 Å². The lowest BCUT2D eigenvalue weighted by Gasteiger charge is -2.08. The Morgan fingerprint density at radius 1 is 1.17 bits per heavy atom. The number of carbonyl (C=O) groups is 1. The number of carbonyl (C=O) groups excluding carboxylic acids is 1. The van der Waals surface area contributed by atoms with E-state index in [4.69, 9.17) is 23.2 Å². The van der Waals surface area contributed by atoms with Crippen molar-refractivity contribution in [2.45, 2.75) is 5.03 Å². The van der Waals surface area contributed by atoms with Crippen LogP contribution in [-0.4, -0.2) is 21.9 Å². The minimum atomic E-state index is -0.172. The molecule has 7 heteroatoms. The van der Waals surface area contributed by atoms with Crippen LogP contribution >= 0.6 is 35.0 Å². The summed E-state index contributed by atoms with van der Waals surface area (Å²) in [4.78, 5) is 12.1. The first kappa shape index (κ1) is 16.1. The highest BCUT2D eigenvalue weighted by Gasteiger charge is 2.10. The summed E-state index contributed by atoms with van der Waals surface area (Å²) < 4.78 is 0. The molecule has 0 saturated carbocycles. The Labute approximate surface area is 147 Å². The van der Waals surface area contributed by atoms with Gasteiger partial charge in [-0.15, -0.1) is 5.10 Å². The van der Waals surface area contributed by atoms with Crippen molar-refractivity contribution in [3.63, 3.8) is 0 Å². The molecule has 116 valence electrons. The maximum atomic E-state index is 12.1. The van der Waals surface area contributed by atoms with Crippen LogP contribution in [0.25, 0.3) is 10.8 Å². The van der Waals surface area contributed by atoms with Gasteiger partial charge in [-0.2, -0.15) is 5.10 Å². The first-order valence-corrected chi connectivity index (χ1v) is 8.46. The summed E-state index contributed by atoms with van der Waals surface area (Å²) in [5, 5.41) is 14.4. The Balaban J connectivity index is 1.69. The lowest BCUT2D eigenvalue weighted by atomic mass is 10.2. The third-order valence-corrected chi connectivity index (χ3v) is 4.61. The molecule has 2 aromatic carbocycles. The van der Waals surface area contributed by atoms with Gasteiger partial charge in [-0.05, 0) is 18.2 Å². The molecule has 1 amide bonds. The number of anilines is 1. The number of nitrogens with zero attached hydrogens (tertiary/aromatic N) is 2. The first-order chi connectivity index (χ1) is 11.1. The highest BCUT2D eigenvalue weighted by atomic mass is 35.5. The zero-order valence-electron chi connectivity index (χ0n) is 11.8. The predicted molar refractivity (Wildman–Crippen MR) is 95.4 cm³/mol. The molecule has 0 bridgehead atoms. The molecular formula is C16H11Cl2N3OS. The predicted octanol–water partition coefficient (Wildman–Crippen LogP) is 4.67. The number of hydrogen-bond acceptors (Lipinski definition) is 4. The third-order valence-electron chi connectivity index (χ3n) is 3.08. The van der Waals surface area contributed by atoms with E-state index < -0.39 is 0 Å². The molecule has 0 spiro atoms. The number of amides is 1. The van der Waals surface area contributed by atoms with Crippen LogP contribution in [-0.2, 0) is 4.79 Å². The van der Waals surface area contributed by atoms with Gasteiger partial charge in [-0.1, -0.05) is 59.2 Å². The topological polar surface area (TPSA) is 54.9 Å². The quantitative estimate of drug-likeness (QED) is 0.684. The fourth-order valence-electron chi connectivity index (χ4n) is 2.02. The fourth-order valence-corrected chi connectivity index (χ4v) is 3.26. The van der Waals surface area contributed by atoms with Crippen molar-refractivity contribution < 1.29 is 4.79 Å². The molecule has 1 N–H and O–H groups in total. The Kier molecular flexibility index (Phi) is 5.00. The average molecular weight is 364 g/mol. The number of rotatable bonds is 4. The van der Waals surface area contributed by atoms with Gasteiger partial charge in [-0.25, -0.2) is 0 Å². The molecule has 0 radical (unpaired) electrons. The van der Waals surface area contributed by atoms with Crippen molar-refractivity contribution in [2.75, 3.05) is 11.1 Å². The summed E-state index contributed by atoms with van der Waals surface area (Å²) in [6.07, 6.45) is 1.70. The third kappa shape index (κ3) is 3.93. The van der Waals surface area contributed by atoms with Crippen molar-refractivity contribution in [1.29, 1.82) is 0 Å². The monoisotopic (exact) mass is 363 g/mol. The molecular weight excluding hydrogens is 353 g/mol. The Morgan fingerprint density at radius 2 is 2.00 bits per heavy atom. The summed E-state index contributed by atoms with van der Waals surface area (Å²) in [6.45, 7) is 0. The van der Waals surface area contributed by atoms with Gasteiger partial charge in [-0.3, -0.25) is 4.79 Å². The highest BCUT2D eigenvalue weighted by Crippen LogP contribution is 2.27. The molecule has 23 heavy (non-hydrogen) atoms. The Morgan fingerprint density at radius 3 is 2.83 bits per heavy atom. The van der Waals surface area contributed by atoms with Crippen LogP contribution < -0.4 is 5.32 Å². The molecule has 0 aliphatic rings. The van der Waals surface area contributed by atoms with Gasteiger partial charge in [0.25, 0.3) is 0 Å². The molecule has 4 nitrogen and oxygen atoms in total. The molecule has 0 fully saturated rings. The van der Waals surface area contributed by atoms with Crippen LogP contribution in [0.4, 0.5) is 5.69 Å². The second-order valence-electron chi connectivity index (χ2n) is 4.70. The number of fused-ring (bicyclic) bond motifs is 1. The molecule has 0 aliphatic heterocycles. The molecule has 1 heterocycles. The molecule has 0 unspecified atom stereocenters. The van der Waals surface area contributed by atoms with Crippen LogP contribution in [0.15, 0.2) is 53.7 Å². The lowest BCUT2D eigenvalue weighted by Crippen LogP contribution is -2.14. The number of nitrogens with one attached hydrogen (secondary N) is 1. The van der Waals surface area contributed by atoms with E-state index in [-0.39, 0.29) is 11.7 Å². The van der Waals surface area contributed by atoms with E-state index in [1.54, 1.807) is 24.4 Å². The van der Waals surface area contributed by atoms with E-state index in [0.717, 1.165) is 15.8 Å². The number of benzene rings is 2. The van der Waals surface area contributed by atoms with Gasteiger partial charge in [0.15, 0.2) is 0 Å². The van der Waals surface area contributed by atoms with Gasteiger partial charge in [0, 0.05) is 15.8 Å². The van der Waals surface area contributed by atoms with E-state index in [2.05, 4.69) is 15.5 Å². The number of aromatic nitrogens is 2. The van der Waals surface area contributed by atoms with E-state index >= 15 is 0 Å². The average Bonchev–Trinajstić information content (AvgIpc) is 2.55. The summed E-state index contributed by atoms with van der Waals surface area (Å²) in [7, 11) is 0. The van der Waals surface area contributed by atoms with Gasteiger partial charge in [0.2, 0.25) is 5.91 Å². The van der Waals surface area contributed by atoms with E-state index in [0.29, 0.717) is 15.7 Å². The van der Waals surface area contributed by atoms with Crippen molar-refractivity contribution in [1.82, 2.24) is 10.2 Å². The van der Waals surface area contributed by atoms with Crippen molar-refractivity contribution >= 4 is 57.3 Å². The van der Waals surface area contributed by atoms with Crippen LogP contribution in [0, 0.1) is 0 Å². The Bertz CT molecular complexity index is 868. The molecule has 1 aromatic heterocycles. The molecule has 0 atom stereocenters. The van der Waals surface area contributed by atoms with Crippen LogP contribution in [0.3, 0.4) is 0 Å². The smallest absolute Gasteiger partial charge is 0.234 e. The van der Waals surface area contributed by atoms with Gasteiger partial charge < -0.3 is 5.32 Å². The normalized spacial score (nSPS) is 10.7. The van der Waals surface area contributed by atoms with E-state index in [1.807, 2.05) is 24.3 Å². The number of thioether (sulfide) groups is 1. The van der Waals surface area contributed by atoms with Gasteiger partial charge in [0.1, 0.15) is 5.03 Å². The van der Waals surface area contributed by atoms with E-state index in [1.165, 1.54) is 11.8 Å². The maximum Gasteiger partial charge on any atom is 0.234 e. The van der Waals surface area contributed by atoms with Crippen LogP contribution in [0.5, 0.6) is 0 Å². The second kappa shape index (κ2) is 7.17. The van der Waals surface area contributed by atoms with Crippen molar-refractivity contribution in [3.8, 4) is 0 Å². The van der Waals surface area contributed by atoms with Crippen LogP contribution in [0.2, 0.25) is 10.0 Å². The zero-order valence-corrected chi connectivity index (χ0v) is 14.1. The van der Waals surface area contributed by atoms with Crippen LogP contribution in [0.1, 0.15) is 0 Å². The van der Waals surface area contributed by atoms with Crippen molar-refractivity contribution in [2.24, 2.45) is 0 Å². The Hall–Kier alpha value is -1.82. The zero-order chi connectivity index (χ0) is 16.2. The van der Waals surface area contributed by atoms with E-state index in [9.17, 15) is 4.79 Å². The van der Waals surface area contributed by atoms with Gasteiger partial charge in [0.05, 0.1) is 22.7 Å². The summed E-state index contributed by atoms with van der Waals surface area (Å²) >= 11 is 13.2. The number of hydrogen-bond donors (Lipinski definition) is 1.